The van der Waals surface area contributed by atoms with Gasteiger partial charge in [-0.05, 0) is 47.1 Å². The molecule has 1 amide bonds. The van der Waals surface area contributed by atoms with Crippen LogP contribution in [0.15, 0.2) is 6.07 Å². The smallest absolute Gasteiger partial charge is 0.270 e. The molecule has 0 aromatic carbocycles. The second kappa shape index (κ2) is 5.33. The highest BCUT2D eigenvalue weighted by molar-refractivity contribution is 5.93. The summed E-state index contributed by atoms with van der Waals surface area (Å²) in [5, 5.41) is 17.3. The summed E-state index contributed by atoms with van der Waals surface area (Å²) in [4.78, 5) is 12.3. The van der Waals surface area contributed by atoms with E-state index in [1.807, 2.05) is 13.8 Å². The van der Waals surface area contributed by atoms with Gasteiger partial charge < -0.3 is 10.4 Å². The van der Waals surface area contributed by atoms with Crippen LogP contribution in [0.25, 0.3) is 0 Å². The molecule has 5 nitrogen and oxygen atoms in total. The van der Waals surface area contributed by atoms with Gasteiger partial charge in [0.1, 0.15) is 5.69 Å². The Bertz CT molecular complexity index is 456. The van der Waals surface area contributed by atoms with Crippen molar-refractivity contribution in [3.05, 3.63) is 17.5 Å². The molecule has 1 aromatic rings. The van der Waals surface area contributed by atoms with Crippen LogP contribution in [0.5, 0.6) is 0 Å². The van der Waals surface area contributed by atoms with Crippen LogP contribution in [0.2, 0.25) is 0 Å². The molecule has 1 rings (SSSR count). The number of amides is 1. The Morgan fingerprint density at radius 1 is 1.37 bits per heavy atom. The van der Waals surface area contributed by atoms with Crippen molar-refractivity contribution < 1.29 is 9.90 Å². The molecule has 0 aliphatic heterocycles. The lowest BCUT2D eigenvalue weighted by Gasteiger charge is -2.37. The van der Waals surface area contributed by atoms with Crippen molar-refractivity contribution in [1.29, 1.82) is 0 Å². The first-order valence-electron chi connectivity index (χ1n) is 6.74. The number of carbonyl (C=O) groups excluding carboxylic acids is 1. The molecule has 0 aliphatic rings. The quantitative estimate of drug-likeness (QED) is 0.854. The van der Waals surface area contributed by atoms with E-state index in [1.54, 1.807) is 38.4 Å². The number of rotatable bonds is 5. The van der Waals surface area contributed by atoms with Gasteiger partial charge in [0.2, 0.25) is 0 Å². The largest absolute Gasteiger partial charge is 0.388 e. The van der Waals surface area contributed by atoms with Crippen LogP contribution in [0.1, 0.15) is 57.7 Å². The molecule has 2 N–H and O–H groups in total. The first-order chi connectivity index (χ1) is 8.62. The molecule has 1 heterocycles. The third-order valence-electron chi connectivity index (χ3n) is 3.68. The monoisotopic (exact) mass is 267 g/mol. The second-order valence-electron chi connectivity index (χ2n) is 5.83. The summed E-state index contributed by atoms with van der Waals surface area (Å²) >= 11 is 0. The van der Waals surface area contributed by atoms with Gasteiger partial charge in [0.25, 0.3) is 5.91 Å². The maximum Gasteiger partial charge on any atom is 0.270 e. The molecule has 5 heteroatoms. The number of nitrogens with one attached hydrogen (secondary N) is 1. The number of hydrogen-bond donors (Lipinski definition) is 2. The highest BCUT2D eigenvalue weighted by Crippen LogP contribution is 2.21. The highest BCUT2D eigenvalue weighted by Gasteiger charge is 2.37. The summed E-state index contributed by atoms with van der Waals surface area (Å²) in [6.07, 6.45) is 0.794. The van der Waals surface area contributed by atoms with E-state index in [0.29, 0.717) is 12.2 Å². The van der Waals surface area contributed by atoms with Crippen molar-refractivity contribution in [2.75, 3.05) is 0 Å². The van der Waals surface area contributed by atoms with Crippen molar-refractivity contribution in [1.82, 2.24) is 15.1 Å². The Kier molecular flexibility index (Phi) is 4.40. The second-order valence-corrected chi connectivity index (χ2v) is 5.83. The van der Waals surface area contributed by atoms with E-state index in [9.17, 15) is 9.90 Å². The Labute approximate surface area is 115 Å². The Morgan fingerprint density at radius 3 is 2.37 bits per heavy atom. The van der Waals surface area contributed by atoms with E-state index in [-0.39, 0.29) is 5.91 Å². The first kappa shape index (κ1) is 15.7. The lowest BCUT2D eigenvalue weighted by molar-refractivity contribution is -0.00312. The van der Waals surface area contributed by atoms with Crippen LogP contribution in [-0.4, -0.2) is 31.9 Å². The minimum Gasteiger partial charge on any atom is -0.388 e. The van der Waals surface area contributed by atoms with Gasteiger partial charge in [-0.2, -0.15) is 5.10 Å². The molecule has 0 atom stereocenters. The van der Waals surface area contributed by atoms with Crippen molar-refractivity contribution in [2.45, 2.75) is 65.6 Å². The minimum atomic E-state index is -1.01. The van der Waals surface area contributed by atoms with Gasteiger partial charge in [-0.3, -0.25) is 9.48 Å². The third kappa shape index (κ3) is 3.35. The topological polar surface area (TPSA) is 67.2 Å². The van der Waals surface area contributed by atoms with Gasteiger partial charge in [-0.15, -0.1) is 0 Å². The summed E-state index contributed by atoms with van der Waals surface area (Å²) in [5.74, 6) is -0.207. The fraction of sp³-hybridized carbons (Fsp3) is 0.714. The molecule has 108 valence electrons. The zero-order valence-electron chi connectivity index (χ0n) is 12.7. The van der Waals surface area contributed by atoms with E-state index in [0.717, 1.165) is 12.1 Å². The summed E-state index contributed by atoms with van der Waals surface area (Å²) in [5.41, 5.74) is -0.295. The van der Waals surface area contributed by atoms with Gasteiger partial charge in [0.15, 0.2) is 0 Å². The van der Waals surface area contributed by atoms with Crippen molar-refractivity contribution in [2.24, 2.45) is 0 Å². The Morgan fingerprint density at radius 2 is 1.95 bits per heavy atom. The van der Waals surface area contributed by atoms with Crippen LogP contribution < -0.4 is 5.32 Å². The lowest BCUT2D eigenvalue weighted by Crippen LogP contribution is -2.57. The van der Waals surface area contributed by atoms with E-state index in [4.69, 9.17) is 0 Å². The Hall–Kier alpha value is -1.36. The van der Waals surface area contributed by atoms with E-state index in [2.05, 4.69) is 10.4 Å². The predicted molar refractivity (Wildman–Crippen MR) is 75.1 cm³/mol. The summed E-state index contributed by atoms with van der Waals surface area (Å²) < 4.78 is 1.69. The van der Waals surface area contributed by atoms with E-state index >= 15 is 0 Å². The van der Waals surface area contributed by atoms with Gasteiger partial charge in [-0.1, -0.05) is 6.92 Å². The summed E-state index contributed by atoms with van der Waals surface area (Å²) in [6.45, 7) is 11.6. The molecule has 0 bridgehead atoms. The molecule has 0 spiro atoms. The average Bonchev–Trinajstić information content (AvgIpc) is 2.70. The number of aromatic nitrogens is 2. The van der Waals surface area contributed by atoms with E-state index < -0.39 is 11.1 Å². The number of carbonyl (C=O) groups is 1. The number of hydrogen-bond acceptors (Lipinski definition) is 3. The molecule has 0 aliphatic carbocycles. The van der Waals surface area contributed by atoms with Crippen LogP contribution in [0.4, 0.5) is 0 Å². The number of aryl methyl sites for hydroxylation is 2. The maximum absolute atomic E-state index is 12.3. The van der Waals surface area contributed by atoms with E-state index in [1.165, 1.54) is 0 Å². The molecule has 0 saturated heterocycles. The average molecular weight is 267 g/mol. The first-order valence-corrected chi connectivity index (χ1v) is 6.74. The van der Waals surface area contributed by atoms with Gasteiger partial charge in [-0.25, -0.2) is 0 Å². The lowest BCUT2D eigenvalue weighted by atomic mass is 9.86. The predicted octanol–water partition coefficient (Wildman–Crippen LogP) is 1.74. The fourth-order valence-electron chi connectivity index (χ4n) is 1.57. The van der Waals surface area contributed by atoms with Crippen molar-refractivity contribution in [3.63, 3.8) is 0 Å². The number of nitrogens with zero attached hydrogens (tertiary/aromatic N) is 2. The minimum absolute atomic E-state index is 0.207. The van der Waals surface area contributed by atoms with Gasteiger partial charge >= 0.3 is 0 Å². The van der Waals surface area contributed by atoms with Crippen LogP contribution >= 0.6 is 0 Å². The number of aliphatic hydroxyl groups is 1. The molecule has 0 fully saturated rings. The van der Waals surface area contributed by atoms with Gasteiger partial charge in [0.05, 0.1) is 16.8 Å². The molecular weight excluding hydrogens is 242 g/mol. The molecule has 0 saturated carbocycles. The summed E-state index contributed by atoms with van der Waals surface area (Å²) in [6, 6.07) is 1.80. The molecule has 19 heavy (non-hydrogen) atoms. The zero-order valence-corrected chi connectivity index (χ0v) is 12.7. The van der Waals surface area contributed by atoms with Crippen LogP contribution in [0.3, 0.4) is 0 Å². The van der Waals surface area contributed by atoms with Crippen LogP contribution in [-0.2, 0) is 13.0 Å². The van der Waals surface area contributed by atoms with Crippen molar-refractivity contribution in [3.8, 4) is 0 Å². The van der Waals surface area contributed by atoms with Crippen molar-refractivity contribution >= 4 is 5.91 Å². The normalized spacial score (nSPS) is 12.6. The highest BCUT2D eigenvalue weighted by atomic mass is 16.3. The zero-order chi connectivity index (χ0) is 14.8. The maximum atomic E-state index is 12.3. The SMILES string of the molecule is CCc1cc(C(=O)NC(C)(C)C(C)(C)O)n(CC)n1. The molecule has 0 radical (unpaired) electrons. The molecule has 1 aromatic heterocycles. The fourth-order valence-corrected chi connectivity index (χ4v) is 1.57. The Balaban J connectivity index is 2.99. The molecule has 0 unspecified atom stereocenters. The standard InChI is InChI=1S/C14H25N3O2/c1-7-10-9-11(17(8-2)16-10)12(18)15-13(3,4)14(5,6)19/h9,19H,7-8H2,1-6H3,(H,15,18). The molecular formula is C14H25N3O2. The summed E-state index contributed by atoms with van der Waals surface area (Å²) in [7, 11) is 0. The van der Waals surface area contributed by atoms with Gasteiger partial charge in [0, 0.05) is 6.54 Å². The van der Waals surface area contributed by atoms with Crippen LogP contribution in [0, 0.1) is 0 Å². The third-order valence-corrected chi connectivity index (χ3v) is 3.68.